The highest BCUT2D eigenvalue weighted by atomic mass is 16.5. The van der Waals surface area contributed by atoms with Crippen molar-refractivity contribution in [1.82, 2.24) is 19.9 Å². The zero-order valence-corrected chi connectivity index (χ0v) is 37.6. The first-order valence-corrected chi connectivity index (χ1v) is 20.3. The number of rotatable bonds is 12. The molecular weight excluding hydrogens is 777 g/mol. The lowest BCUT2D eigenvalue weighted by Gasteiger charge is -2.29. The van der Waals surface area contributed by atoms with Crippen LogP contribution >= 0.6 is 0 Å². The number of methoxy groups -OCH3 is 6. The molecular formula is C52H54N4O6. The lowest BCUT2D eigenvalue weighted by Crippen LogP contribution is -2.11. The largest absolute Gasteiger partial charge is 0.493 e. The van der Waals surface area contributed by atoms with Crippen molar-refractivity contribution >= 4 is 0 Å². The molecule has 10 heteroatoms. The van der Waals surface area contributed by atoms with Crippen LogP contribution < -0.4 is 28.4 Å². The molecule has 0 aliphatic rings. The average molecular weight is 831 g/mol. The molecule has 0 saturated carbocycles. The Morgan fingerprint density at radius 3 is 0.823 bits per heavy atom. The molecule has 0 radical (unpaired) electrons. The monoisotopic (exact) mass is 830 g/mol. The molecule has 62 heavy (non-hydrogen) atoms. The van der Waals surface area contributed by atoms with Crippen LogP contribution in [0.4, 0.5) is 0 Å². The molecule has 0 amide bonds. The van der Waals surface area contributed by atoms with E-state index in [0.29, 0.717) is 34.5 Å². The second-order valence-electron chi connectivity index (χ2n) is 17.0. The lowest BCUT2D eigenvalue weighted by molar-refractivity contribution is 0.324. The van der Waals surface area contributed by atoms with Gasteiger partial charge in [-0.15, -0.1) is 0 Å². The molecule has 2 heterocycles. The maximum absolute atomic E-state index is 6.04. The number of ether oxygens (including phenoxy) is 6. The minimum atomic E-state index is -0.0885. The fraction of sp³-hybridized carbons (Fsp3) is 0.269. The van der Waals surface area contributed by atoms with Gasteiger partial charge in [-0.3, -0.25) is 0 Å². The van der Waals surface area contributed by atoms with Crippen LogP contribution in [0.15, 0.2) is 110 Å². The molecule has 0 fully saturated rings. The lowest BCUT2D eigenvalue weighted by atomic mass is 9.74. The molecule has 0 spiro atoms. The van der Waals surface area contributed by atoms with E-state index in [1.54, 1.807) is 42.7 Å². The highest BCUT2D eigenvalue weighted by molar-refractivity contribution is 6.15. The van der Waals surface area contributed by atoms with Gasteiger partial charge < -0.3 is 28.4 Å². The Bertz CT molecular complexity index is 2450. The number of benzene rings is 5. The third-order valence-electron chi connectivity index (χ3n) is 11.2. The molecule has 0 bridgehead atoms. The van der Waals surface area contributed by atoms with Crippen molar-refractivity contribution in [3.8, 4) is 101 Å². The van der Waals surface area contributed by atoms with Gasteiger partial charge in [-0.1, -0.05) is 90.1 Å². The molecule has 0 N–H and O–H groups in total. The first-order valence-electron chi connectivity index (χ1n) is 20.3. The van der Waals surface area contributed by atoms with Crippen molar-refractivity contribution in [2.24, 2.45) is 0 Å². The Balaban J connectivity index is 1.85. The predicted molar refractivity (Wildman–Crippen MR) is 247 cm³/mol. The second-order valence-corrected chi connectivity index (χ2v) is 17.0. The van der Waals surface area contributed by atoms with Crippen LogP contribution in [0.2, 0.25) is 0 Å². The summed E-state index contributed by atoms with van der Waals surface area (Å²) in [5.41, 5.74) is 12.5. The quantitative estimate of drug-likeness (QED) is 0.118. The van der Waals surface area contributed by atoms with Crippen LogP contribution in [-0.2, 0) is 10.8 Å². The second kappa shape index (κ2) is 17.6. The number of nitrogens with zero attached hydrogens (tertiary/aromatic N) is 4. The zero-order valence-electron chi connectivity index (χ0n) is 37.6. The van der Waals surface area contributed by atoms with Crippen molar-refractivity contribution < 1.29 is 28.4 Å². The topological polar surface area (TPSA) is 107 Å². The zero-order chi connectivity index (χ0) is 44.3. The summed E-state index contributed by atoms with van der Waals surface area (Å²) in [5.74, 6) is 2.95. The van der Waals surface area contributed by atoms with Gasteiger partial charge in [0.2, 0.25) is 11.5 Å². The molecule has 0 saturated heterocycles. The fourth-order valence-electron chi connectivity index (χ4n) is 8.06. The van der Waals surface area contributed by atoms with Crippen molar-refractivity contribution in [3.05, 3.63) is 121 Å². The van der Waals surface area contributed by atoms with Crippen molar-refractivity contribution in [2.75, 3.05) is 42.7 Å². The van der Waals surface area contributed by atoms with Crippen molar-refractivity contribution in [3.63, 3.8) is 0 Å². The predicted octanol–water partition coefficient (Wildman–Crippen LogP) is 11.9. The van der Waals surface area contributed by atoms with Gasteiger partial charge in [0.1, 0.15) is 12.7 Å². The Kier molecular flexibility index (Phi) is 12.2. The summed E-state index contributed by atoms with van der Waals surface area (Å²) in [6.45, 7) is 13.3. The maximum atomic E-state index is 6.04. The van der Waals surface area contributed by atoms with E-state index < -0.39 is 0 Å². The van der Waals surface area contributed by atoms with Gasteiger partial charge in [0, 0.05) is 47.0 Å². The number of hydrogen-bond acceptors (Lipinski definition) is 10. The summed E-state index contributed by atoms with van der Waals surface area (Å²) >= 11 is 0. The number of aromatic nitrogens is 4. The van der Waals surface area contributed by atoms with Gasteiger partial charge in [0.25, 0.3) is 0 Å². The van der Waals surface area contributed by atoms with Crippen LogP contribution in [0.5, 0.6) is 34.5 Å². The summed E-state index contributed by atoms with van der Waals surface area (Å²) < 4.78 is 35.9. The molecule has 0 aliphatic heterocycles. The van der Waals surface area contributed by atoms with E-state index in [0.717, 1.165) is 66.8 Å². The summed E-state index contributed by atoms with van der Waals surface area (Å²) in [5, 5.41) is 0. The summed E-state index contributed by atoms with van der Waals surface area (Å²) in [4.78, 5) is 18.4. The van der Waals surface area contributed by atoms with E-state index in [9.17, 15) is 0 Å². The molecule has 0 aliphatic carbocycles. The van der Waals surface area contributed by atoms with Crippen molar-refractivity contribution in [1.29, 1.82) is 0 Å². The average Bonchev–Trinajstić information content (AvgIpc) is 3.29. The maximum Gasteiger partial charge on any atom is 0.203 e. The van der Waals surface area contributed by atoms with Gasteiger partial charge in [0.15, 0.2) is 23.0 Å². The number of hydrogen-bond donors (Lipinski definition) is 0. The highest BCUT2D eigenvalue weighted by Gasteiger charge is 2.32. The molecule has 10 nitrogen and oxygen atoms in total. The molecule has 0 unspecified atom stereocenters. The summed E-state index contributed by atoms with van der Waals surface area (Å²) in [6, 6.07) is 25.7. The molecule has 5 aromatic carbocycles. The van der Waals surface area contributed by atoms with Gasteiger partial charge in [-0.25, -0.2) is 19.9 Å². The molecule has 7 aromatic rings. The van der Waals surface area contributed by atoms with Crippen LogP contribution in [0.25, 0.3) is 66.8 Å². The minimum absolute atomic E-state index is 0.0885. The van der Waals surface area contributed by atoms with Crippen LogP contribution in [0.3, 0.4) is 0 Å². The molecule has 0 atom stereocenters. The van der Waals surface area contributed by atoms with E-state index in [-0.39, 0.29) is 10.8 Å². The summed E-state index contributed by atoms with van der Waals surface area (Å²) in [7, 11) is 9.72. The first-order chi connectivity index (χ1) is 29.8. The van der Waals surface area contributed by atoms with Crippen LogP contribution in [0.1, 0.15) is 52.7 Å². The fourth-order valence-corrected chi connectivity index (χ4v) is 8.06. The van der Waals surface area contributed by atoms with Gasteiger partial charge in [0.05, 0.1) is 42.7 Å². The Morgan fingerprint density at radius 2 is 0.581 bits per heavy atom. The third kappa shape index (κ3) is 8.12. The SMILES string of the molecule is COc1cc(-c2c(-c3ccc(C(C)(C)C)cc3)c(-c3ccc(C(C)(C)C)cc3)c(-c3cc(OC)c(OC)c(OC)c3)c(-c3cncnc3)c2-c2cncnc2)cc(OC)c1OC. The van der Waals surface area contributed by atoms with E-state index in [1.165, 1.54) is 23.8 Å². The Hall–Kier alpha value is -6.94. The molecule has 318 valence electrons. The van der Waals surface area contributed by atoms with E-state index in [1.807, 2.05) is 49.1 Å². The standard InChI is InChI=1S/C52H54N4O6/c1-51(2,3)37-17-13-31(14-18-37)43-44(32-15-19-38(20-16-32)52(4,5)6)46(34-23-41(59-9)50(62-12)42(24-34)60-10)48(36-27-55-30-56-28-36)47(35-25-53-29-54-26-35)45(43)33-21-39(57-7)49(61-11)40(22-33)58-8/h13-30H,1-12H3. The van der Waals surface area contributed by atoms with Gasteiger partial charge in [-0.05, 0) is 90.7 Å². The third-order valence-corrected chi connectivity index (χ3v) is 11.2. The molecule has 2 aromatic heterocycles. The van der Waals surface area contributed by atoms with E-state index in [2.05, 4.69) is 110 Å². The highest BCUT2D eigenvalue weighted by Crippen LogP contribution is 2.58. The first kappa shape index (κ1) is 43.2. The van der Waals surface area contributed by atoms with Crippen LogP contribution in [0, 0.1) is 0 Å². The summed E-state index contributed by atoms with van der Waals surface area (Å²) in [6.07, 6.45) is 10.4. The van der Waals surface area contributed by atoms with E-state index >= 15 is 0 Å². The van der Waals surface area contributed by atoms with E-state index in [4.69, 9.17) is 28.4 Å². The van der Waals surface area contributed by atoms with Crippen molar-refractivity contribution in [2.45, 2.75) is 52.4 Å². The Labute approximate surface area is 364 Å². The molecule has 7 rings (SSSR count). The minimum Gasteiger partial charge on any atom is -0.493 e. The smallest absolute Gasteiger partial charge is 0.203 e. The normalized spacial score (nSPS) is 11.5. The van der Waals surface area contributed by atoms with Gasteiger partial charge >= 0.3 is 0 Å². The Morgan fingerprint density at radius 1 is 0.323 bits per heavy atom. The van der Waals surface area contributed by atoms with Gasteiger partial charge in [-0.2, -0.15) is 0 Å². The van der Waals surface area contributed by atoms with Crippen LogP contribution in [-0.4, -0.2) is 62.6 Å².